The fourth-order valence-electron chi connectivity index (χ4n) is 2.46. The van der Waals surface area contributed by atoms with Crippen LogP contribution in [0.25, 0.3) is 0 Å². The normalized spacial score (nSPS) is 23.1. The summed E-state index contributed by atoms with van der Waals surface area (Å²) in [5.74, 6) is 0.605. The first-order valence-electron chi connectivity index (χ1n) is 6.50. The third-order valence-electron chi connectivity index (χ3n) is 3.46. The van der Waals surface area contributed by atoms with Gasteiger partial charge in [0.1, 0.15) is 18.5 Å². The number of hydrogen-bond acceptors (Lipinski definition) is 4. The molecule has 1 aromatic carbocycles. The number of nitrogens with one attached hydrogen (secondary N) is 1. The molecule has 0 bridgehead atoms. The van der Waals surface area contributed by atoms with Gasteiger partial charge in [0.25, 0.3) is 0 Å². The Morgan fingerprint density at radius 1 is 1.33 bits per heavy atom. The number of ether oxygens (including phenoxy) is 2. The van der Waals surface area contributed by atoms with Crippen LogP contribution in [-0.4, -0.2) is 25.2 Å². The molecule has 1 N–H and O–H groups in total. The summed E-state index contributed by atoms with van der Waals surface area (Å²) in [7, 11) is 0. The van der Waals surface area contributed by atoms with Crippen molar-refractivity contribution in [2.75, 3.05) is 13.1 Å². The molecule has 0 saturated carbocycles. The van der Waals surface area contributed by atoms with Gasteiger partial charge < -0.3 is 14.8 Å². The van der Waals surface area contributed by atoms with E-state index in [1.165, 1.54) is 12.8 Å². The number of esters is 1. The van der Waals surface area contributed by atoms with Crippen molar-refractivity contribution in [3.05, 3.63) is 29.3 Å². The Kier molecular flexibility index (Phi) is 3.19. The van der Waals surface area contributed by atoms with Gasteiger partial charge >= 0.3 is 5.97 Å². The molecule has 2 aliphatic rings. The summed E-state index contributed by atoms with van der Waals surface area (Å²) >= 11 is 0. The number of cyclic esters (lactones) is 1. The van der Waals surface area contributed by atoms with Crippen LogP contribution in [0.1, 0.15) is 35.2 Å². The summed E-state index contributed by atoms with van der Waals surface area (Å²) in [6.07, 6.45) is 3.72. The lowest BCUT2D eigenvalue weighted by molar-refractivity contribution is 0.0535. The molecule has 3 rings (SSSR count). The van der Waals surface area contributed by atoms with Gasteiger partial charge in [-0.2, -0.15) is 0 Å². The van der Waals surface area contributed by atoms with E-state index in [-0.39, 0.29) is 12.1 Å². The summed E-state index contributed by atoms with van der Waals surface area (Å²) in [6, 6.07) is 5.57. The second kappa shape index (κ2) is 4.98. The fourth-order valence-corrected chi connectivity index (χ4v) is 2.46. The van der Waals surface area contributed by atoms with Crippen molar-refractivity contribution in [1.29, 1.82) is 0 Å². The lowest BCUT2D eigenvalue weighted by Crippen LogP contribution is -2.29. The Balaban J connectivity index is 1.71. The number of carbonyl (C=O) groups is 1. The van der Waals surface area contributed by atoms with Crippen molar-refractivity contribution in [3.63, 3.8) is 0 Å². The van der Waals surface area contributed by atoms with E-state index in [1.54, 1.807) is 6.07 Å². The first-order valence-corrected chi connectivity index (χ1v) is 6.50. The minimum Gasteiger partial charge on any atom is -0.489 e. The van der Waals surface area contributed by atoms with Crippen molar-refractivity contribution in [2.45, 2.75) is 32.0 Å². The average molecular weight is 247 g/mol. The quantitative estimate of drug-likeness (QED) is 0.811. The van der Waals surface area contributed by atoms with E-state index < -0.39 is 0 Å². The van der Waals surface area contributed by atoms with Crippen LogP contribution in [0.5, 0.6) is 5.75 Å². The molecule has 2 heterocycles. The first kappa shape index (κ1) is 11.5. The van der Waals surface area contributed by atoms with Crippen LogP contribution < -0.4 is 10.1 Å². The summed E-state index contributed by atoms with van der Waals surface area (Å²) in [4.78, 5) is 11.3. The molecule has 4 nitrogen and oxygen atoms in total. The number of carbonyl (C=O) groups excluding carboxylic acids is 1. The molecular weight excluding hydrogens is 230 g/mol. The van der Waals surface area contributed by atoms with Crippen molar-refractivity contribution < 1.29 is 14.3 Å². The van der Waals surface area contributed by atoms with Gasteiger partial charge in [-0.1, -0.05) is 0 Å². The van der Waals surface area contributed by atoms with Crippen LogP contribution >= 0.6 is 0 Å². The minimum atomic E-state index is -0.229. The van der Waals surface area contributed by atoms with Crippen molar-refractivity contribution in [3.8, 4) is 5.75 Å². The number of hydrogen-bond donors (Lipinski definition) is 1. The topological polar surface area (TPSA) is 47.6 Å². The van der Waals surface area contributed by atoms with E-state index in [2.05, 4.69) is 5.32 Å². The molecule has 4 heteroatoms. The van der Waals surface area contributed by atoms with Gasteiger partial charge in [0, 0.05) is 12.1 Å². The van der Waals surface area contributed by atoms with Crippen LogP contribution in [-0.2, 0) is 11.3 Å². The Morgan fingerprint density at radius 2 is 2.28 bits per heavy atom. The number of rotatable bonds is 2. The van der Waals surface area contributed by atoms with Gasteiger partial charge in [-0.3, -0.25) is 0 Å². The van der Waals surface area contributed by atoms with Crippen molar-refractivity contribution >= 4 is 5.97 Å². The Morgan fingerprint density at radius 3 is 3.22 bits per heavy atom. The molecule has 2 aliphatic heterocycles. The maximum absolute atomic E-state index is 11.3. The van der Waals surface area contributed by atoms with Gasteiger partial charge in [-0.15, -0.1) is 0 Å². The highest BCUT2D eigenvalue weighted by molar-refractivity contribution is 5.93. The van der Waals surface area contributed by atoms with E-state index in [0.717, 1.165) is 30.8 Å². The van der Waals surface area contributed by atoms with Gasteiger partial charge in [-0.05, 0) is 44.0 Å². The van der Waals surface area contributed by atoms with E-state index >= 15 is 0 Å². The molecule has 18 heavy (non-hydrogen) atoms. The highest BCUT2D eigenvalue weighted by atomic mass is 16.5. The predicted molar refractivity (Wildman–Crippen MR) is 66.7 cm³/mol. The molecule has 96 valence electrons. The molecule has 0 spiro atoms. The number of benzene rings is 1. The highest BCUT2D eigenvalue weighted by Crippen LogP contribution is 2.25. The largest absolute Gasteiger partial charge is 0.489 e. The second-order valence-electron chi connectivity index (χ2n) is 4.83. The lowest BCUT2D eigenvalue weighted by atomic mass is 10.1. The highest BCUT2D eigenvalue weighted by Gasteiger charge is 2.22. The molecule has 0 amide bonds. The number of fused-ring (bicyclic) bond motifs is 1. The SMILES string of the molecule is O=C1OCc2cc(O[C@@H]3CCCCNC3)ccc21. The lowest BCUT2D eigenvalue weighted by Gasteiger charge is -2.17. The molecule has 1 aromatic rings. The Bertz CT molecular complexity index is 450. The predicted octanol–water partition coefficient (Wildman–Crippen LogP) is 1.88. The van der Waals surface area contributed by atoms with Crippen LogP contribution in [0.3, 0.4) is 0 Å². The third kappa shape index (κ3) is 2.34. The second-order valence-corrected chi connectivity index (χ2v) is 4.83. The van der Waals surface area contributed by atoms with Crippen LogP contribution in [0.4, 0.5) is 0 Å². The molecule has 0 aromatic heterocycles. The summed E-state index contributed by atoms with van der Waals surface area (Å²) < 4.78 is 10.9. The summed E-state index contributed by atoms with van der Waals surface area (Å²) in [5, 5.41) is 3.37. The van der Waals surface area contributed by atoms with Crippen LogP contribution in [0, 0.1) is 0 Å². The van der Waals surface area contributed by atoms with Crippen LogP contribution in [0.2, 0.25) is 0 Å². The summed E-state index contributed by atoms with van der Waals surface area (Å²) in [5.41, 5.74) is 1.60. The zero-order chi connectivity index (χ0) is 12.4. The molecule has 0 radical (unpaired) electrons. The molecule has 0 aliphatic carbocycles. The van der Waals surface area contributed by atoms with Crippen molar-refractivity contribution in [1.82, 2.24) is 5.32 Å². The van der Waals surface area contributed by atoms with Gasteiger partial charge in [0.05, 0.1) is 5.56 Å². The molecular formula is C14H17NO3. The summed E-state index contributed by atoms with van der Waals surface area (Å²) in [6.45, 7) is 2.34. The molecule has 1 atom stereocenters. The smallest absolute Gasteiger partial charge is 0.338 e. The first-order chi connectivity index (χ1) is 8.83. The maximum atomic E-state index is 11.3. The monoisotopic (exact) mass is 247 g/mol. The maximum Gasteiger partial charge on any atom is 0.338 e. The van der Waals surface area contributed by atoms with Gasteiger partial charge in [-0.25, -0.2) is 4.79 Å². The molecule has 0 unspecified atom stereocenters. The van der Waals surface area contributed by atoms with E-state index in [9.17, 15) is 4.79 Å². The fraction of sp³-hybridized carbons (Fsp3) is 0.500. The third-order valence-corrected chi connectivity index (χ3v) is 3.46. The van der Waals surface area contributed by atoms with Gasteiger partial charge in [0.15, 0.2) is 0 Å². The van der Waals surface area contributed by atoms with Gasteiger partial charge in [0.2, 0.25) is 0 Å². The van der Waals surface area contributed by atoms with Crippen molar-refractivity contribution in [2.24, 2.45) is 0 Å². The standard InChI is InChI=1S/C14H17NO3/c16-14-13-5-4-11(7-10(13)9-17-14)18-12-3-1-2-6-15-8-12/h4-5,7,12,15H,1-3,6,8-9H2/t12-/m1/s1. The Hall–Kier alpha value is -1.55. The van der Waals surface area contributed by atoms with E-state index in [0.29, 0.717) is 12.2 Å². The van der Waals surface area contributed by atoms with Crippen LogP contribution in [0.15, 0.2) is 18.2 Å². The molecule has 1 fully saturated rings. The average Bonchev–Trinajstić information content (AvgIpc) is 2.60. The minimum absolute atomic E-state index is 0.226. The molecule has 1 saturated heterocycles. The zero-order valence-electron chi connectivity index (χ0n) is 10.3. The van der Waals surface area contributed by atoms with E-state index in [4.69, 9.17) is 9.47 Å². The Labute approximate surface area is 106 Å². The zero-order valence-corrected chi connectivity index (χ0v) is 10.3. The van der Waals surface area contributed by atoms with E-state index in [1.807, 2.05) is 12.1 Å².